The van der Waals surface area contributed by atoms with Crippen LogP contribution in [0.4, 0.5) is 0 Å². The van der Waals surface area contributed by atoms with Crippen molar-refractivity contribution in [1.82, 2.24) is 5.32 Å². The molecule has 0 radical (unpaired) electrons. The van der Waals surface area contributed by atoms with Gasteiger partial charge >= 0.3 is 0 Å². The summed E-state index contributed by atoms with van der Waals surface area (Å²) in [6.07, 6.45) is 3.80. The lowest BCUT2D eigenvalue weighted by atomic mass is 9.95. The molecule has 0 amide bonds. The van der Waals surface area contributed by atoms with E-state index in [0.29, 0.717) is 10.6 Å². The van der Waals surface area contributed by atoms with Gasteiger partial charge in [-0.3, -0.25) is 0 Å². The molecule has 2 atom stereocenters. The summed E-state index contributed by atoms with van der Waals surface area (Å²) in [6.45, 7) is 2.83. The zero-order valence-electron chi connectivity index (χ0n) is 11.8. The van der Waals surface area contributed by atoms with Crippen LogP contribution in [-0.4, -0.2) is 26.3 Å². The molecule has 0 bridgehead atoms. The number of halogens is 1. The van der Waals surface area contributed by atoms with Gasteiger partial charge in [0.2, 0.25) is 0 Å². The lowest BCUT2D eigenvalue weighted by Crippen LogP contribution is -2.46. The number of nitrogens with one attached hydrogen (secondary N) is 1. The standard InChI is InChI=1S/C15H22ClNO2S/c1-2-17-14-9-5-6-10-15(14)20(18,19)11-12-7-3-4-8-13(12)16/h3-4,7-8,14-15,17H,2,5-6,9-11H2,1H3. The molecule has 2 rings (SSSR count). The van der Waals surface area contributed by atoms with E-state index in [-0.39, 0.29) is 17.0 Å². The second-order valence-electron chi connectivity index (χ2n) is 5.39. The highest BCUT2D eigenvalue weighted by atomic mass is 35.5. The van der Waals surface area contributed by atoms with Gasteiger partial charge in [0, 0.05) is 11.1 Å². The summed E-state index contributed by atoms with van der Waals surface area (Å²) in [5.74, 6) is 0.0409. The summed E-state index contributed by atoms with van der Waals surface area (Å²) in [7, 11) is -3.18. The van der Waals surface area contributed by atoms with Gasteiger partial charge < -0.3 is 5.32 Å². The molecule has 0 heterocycles. The van der Waals surface area contributed by atoms with Crippen molar-refractivity contribution in [2.24, 2.45) is 0 Å². The molecule has 0 aliphatic heterocycles. The summed E-state index contributed by atoms with van der Waals surface area (Å²) < 4.78 is 25.4. The number of hydrogen-bond donors (Lipinski definition) is 1. The maximum absolute atomic E-state index is 12.7. The Morgan fingerprint density at radius 1 is 1.25 bits per heavy atom. The molecule has 0 saturated heterocycles. The predicted octanol–water partition coefficient (Wildman–Crippen LogP) is 3.18. The summed E-state index contributed by atoms with van der Waals surface area (Å²) in [4.78, 5) is 0. The lowest BCUT2D eigenvalue weighted by molar-refractivity contribution is 0.376. The van der Waals surface area contributed by atoms with Crippen molar-refractivity contribution in [2.45, 2.75) is 49.7 Å². The number of benzene rings is 1. The van der Waals surface area contributed by atoms with Gasteiger partial charge in [0.25, 0.3) is 0 Å². The Morgan fingerprint density at radius 3 is 2.65 bits per heavy atom. The van der Waals surface area contributed by atoms with Crippen molar-refractivity contribution in [3.8, 4) is 0 Å². The Kier molecular flexibility index (Phi) is 5.47. The zero-order valence-corrected chi connectivity index (χ0v) is 13.4. The molecule has 1 N–H and O–H groups in total. The lowest BCUT2D eigenvalue weighted by Gasteiger charge is -2.31. The van der Waals surface area contributed by atoms with E-state index in [0.717, 1.165) is 32.2 Å². The first-order valence-corrected chi connectivity index (χ1v) is 9.32. The largest absolute Gasteiger partial charge is 0.313 e. The number of sulfone groups is 1. The van der Waals surface area contributed by atoms with E-state index in [1.807, 2.05) is 19.1 Å². The summed E-state index contributed by atoms with van der Waals surface area (Å²) in [5, 5.41) is 3.58. The van der Waals surface area contributed by atoms with Gasteiger partial charge in [-0.25, -0.2) is 8.42 Å². The highest BCUT2D eigenvalue weighted by Gasteiger charge is 2.35. The van der Waals surface area contributed by atoms with Gasteiger partial charge in [-0.2, -0.15) is 0 Å². The van der Waals surface area contributed by atoms with E-state index in [9.17, 15) is 8.42 Å². The fourth-order valence-corrected chi connectivity index (χ4v) is 5.40. The van der Waals surface area contributed by atoms with Crippen molar-refractivity contribution < 1.29 is 8.42 Å². The third-order valence-electron chi connectivity index (χ3n) is 3.94. The Morgan fingerprint density at radius 2 is 1.95 bits per heavy atom. The maximum atomic E-state index is 12.7. The zero-order chi connectivity index (χ0) is 14.6. The third kappa shape index (κ3) is 3.74. The van der Waals surface area contributed by atoms with Gasteiger partial charge in [-0.1, -0.05) is 49.6 Å². The summed E-state index contributed by atoms with van der Waals surface area (Å²) in [6, 6.07) is 7.28. The maximum Gasteiger partial charge on any atom is 0.158 e. The van der Waals surface area contributed by atoms with Gasteiger partial charge in [-0.05, 0) is 31.0 Å². The molecule has 5 heteroatoms. The van der Waals surface area contributed by atoms with Crippen LogP contribution < -0.4 is 5.32 Å². The average Bonchev–Trinajstić information content (AvgIpc) is 2.42. The Balaban J connectivity index is 2.18. The summed E-state index contributed by atoms with van der Waals surface area (Å²) >= 11 is 6.09. The van der Waals surface area contributed by atoms with Crippen molar-refractivity contribution in [1.29, 1.82) is 0 Å². The molecular formula is C15H22ClNO2S. The Hall–Kier alpha value is -0.580. The number of hydrogen-bond acceptors (Lipinski definition) is 3. The molecule has 1 fully saturated rings. The molecule has 112 valence electrons. The van der Waals surface area contributed by atoms with Crippen LogP contribution in [-0.2, 0) is 15.6 Å². The Bertz CT molecular complexity index is 543. The molecule has 3 nitrogen and oxygen atoms in total. The van der Waals surface area contributed by atoms with Gasteiger partial charge in [-0.15, -0.1) is 0 Å². The van der Waals surface area contributed by atoms with Crippen LogP contribution in [0.15, 0.2) is 24.3 Å². The van der Waals surface area contributed by atoms with Crippen LogP contribution in [0.3, 0.4) is 0 Å². The Labute approximate surface area is 126 Å². The first-order chi connectivity index (χ1) is 9.54. The smallest absolute Gasteiger partial charge is 0.158 e. The van der Waals surface area contributed by atoms with Crippen molar-refractivity contribution in [3.63, 3.8) is 0 Å². The molecule has 2 unspecified atom stereocenters. The van der Waals surface area contributed by atoms with Crippen LogP contribution >= 0.6 is 11.6 Å². The van der Waals surface area contributed by atoms with Gasteiger partial charge in [0.1, 0.15) is 0 Å². The van der Waals surface area contributed by atoms with Crippen LogP contribution in [0.5, 0.6) is 0 Å². The average molecular weight is 316 g/mol. The highest BCUT2D eigenvalue weighted by Crippen LogP contribution is 2.28. The molecule has 20 heavy (non-hydrogen) atoms. The minimum absolute atomic E-state index is 0.0409. The second kappa shape index (κ2) is 6.92. The molecule has 1 aromatic rings. The van der Waals surface area contributed by atoms with E-state index in [1.165, 1.54) is 0 Å². The van der Waals surface area contributed by atoms with Crippen molar-refractivity contribution in [2.75, 3.05) is 6.54 Å². The normalized spacial score (nSPS) is 23.7. The monoisotopic (exact) mass is 315 g/mol. The van der Waals surface area contributed by atoms with E-state index in [2.05, 4.69) is 5.32 Å². The molecule has 1 aromatic carbocycles. The quantitative estimate of drug-likeness (QED) is 0.907. The molecule has 0 spiro atoms. The van der Waals surface area contributed by atoms with Gasteiger partial charge in [0.05, 0.1) is 11.0 Å². The minimum atomic E-state index is -3.18. The van der Waals surface area contributed by atoms with Crippen molar-refractivity contribution in [3.05, 3.63) is 34.9 Å². The van der Waals surface area contributed by atoms with E-state index in [4.69, 9.17) is 11.6 Å². The van der Waals surface area contributed by atoms with E-state index < -0.39 is 9.84 Å². The molecule has 1 saturated carbocycles. The molecule has 0 aromatic heterocycles. The fraction of sp³-hybridized carbons (Fsp3) is 0.600. The fourth-order valence-electron chi connectivity index (χ4n) is 2.96. The molecule has 1 aliphatic carbocycles. The SMILES string of the molecule is CCNC1CCCCC1S(=O)(=O)Cc1ccccc1Cl. The first kappa shape index (κ1) is 15.8. The van der Waals surface area contributed by atoms with Crippen LogP contribution in [0.1, 0.15) is 38.2 Å². The van der Waals surface area contributed by atoms with Crippen molar-refractivity contribution >= 4 is 21.4 Å². The number of rotatable bonds is 5. The molecular weight excluding hydrogens is 294 g/mol. The highest BCUT2D eigenvalue weighted by molar-refractivity contribution is 7.91. The van der Waals surface area contributed by atoms with E-state index >= 15 is 0 Å². The van der Waals surface area contributed by atoms with E-state index in [1.54, 1.807) is 12.1 Å². The minimum Gasteiger partial charge on any atom is -0.313 e. The third-order valence-corrected chi connectivity index (χ3v) is 6.51. The van der Waals surface area contributed by atoms with Crippen LogP contribution in [0.2, 0.25) is 5.02 Å². The molecule has 1 aliphatic rings. The van der Waals surface area contributed by atoms with Crippen LogP contribution in [0.25, 0.3) is 0 Å². The topological polar surface area (TPSA) is 46.2 Å². The second-order valence-corrected chi connectivity index (χ2v) is 8.01. The van der Waals surface area contributed by atoms with Gasteiger partial charge in [0.15, 0.2) is 9.84 Å². The predicted molar refractivity (Wildman–Crippen MR) is 83.8 cm³/mol. The first-order valence-electron chi connectivity index (χ1n) is 7.23. The van der Waals surface area contributed by atoms with Crippen LogP contribution in [0, 0.1) is 0 Å². The summed E-state index contributed by atoms with van der Waals surface area (Å²) in [5.41, 5.74) is 0.704.